The van der Waals surface area contributed by atoms with E-state index in [1.807, 2.05) is 42.7 Å². The molecule has 3 aliphatic heterocycles. The predicted molar refractivity (Wildman–Crippen MR) is 115 cm³/mol. The van der Waals surface area contributed by atoms with Gasteiger partial charge in [-0.05, 0) is 36.5 Å². The van der Waals surface area contributed by atoms with Gasteiger partial charge in [0.25, 0.3) is 5.16 Å². The highest BCUT2D eigenvalue weighted by Gasteiger charge is 2.45. The summed E-state index contributed by atoms with van der Waals surface area (Å²) in [5.74, 6) is -1.27. The molecule has 1 saturated heterocycles. The molecular formula is C22H23N3O5S. The second-order valence-corrected chi connectivity index (χ2v) is 9.67. The van der Waals surface area contributed by atoms with Gasteiger partial charge in [-0.15, -0.1) is 0 Å². The molecule has 1 aromatic carbocycles. The summed E-state index contributed by atoms with van der Waals surface area (Å²) in [6.07, 6.45) is 8.31. The maximum absolute atomic E-state index is 12.3. The van der Waals surface area contributed by atoms with E-state index in [-0.39, 0.29) is 0 Å². The molecule has 3 aliphatic rings. The molecule has 0 aliphatic carbocycles. The second-order valence-electron chi connectivity index (χ2n) is 7.52. The number of aromatic nitrogens is 2. The lowest BCUT2D eigenvalue weighted by atomic mass is 10.2. The fraction of sp³-hybridized carbons (Fsp3) is 0.318. The van der Waals surface area contributed by atoms with Crippen LogP contribution in [0.2, 0.25) is 0 Å². The average Bonchev–Trinajstić information content (AvgIpc) is 3.46. The minimum Gasteiger partial charge on any atom is -0.374 e. The Morgan fingerprint density at radius 2 is 1.74 bits per heavy atom. The molecule has 0 unspecified atom stereocenters. The van der Waals surface area contributed by atoms with Crippen LogP contribution in [0.4, 0.5) is 0 Å². The smallest absolute Gasteiger partial charge is 0.354 e. The van der Waals surface area contributed by atoms with Gasteiger partial charge in [0.15, 0.2) is 0 Å². The van der Waals surface area contributed by atoms with Gasteiger partial charge in [0.2, 0.25) is 0 Å². The van der Waals surface area contributed by atoms with Crippen molar-refractivity contribution < 1.29 is 22.7 Å². The molecule has 0 atom stereocenters. The molecule has 8 nitrogen and oxygen atoms in total. The third-order valence-electron chi connectivity index (χ3n) is 5.35. The normalized spacial score (nSPS) is 20.8. The number of nitrogens with zero attached hydrogens (tertiary/aromatic N) is 3. The van der Waals surface area contributed by atoms with E-state index in [9.17, 15) is 9.59 Å². The van der Waals surface area contributed by atoms with Crippen LogP contribution in [-0.2, 0) is 29.3 Å². The van der Waals surface area contributed by atoms with Crippen LogP contribution in [0, 0.1) is 0 Å². The molecule has 0 amide bonds. The lowest BCUT2D eigenvalue weighted by molar-refractivity contribution is -0.129. The van der Waals surface area contributed by atoms with Gasteiger partial charge in [-0.25, -0.2) is 14.6 Å². The molecule has 5 rings (SSSR count). The van der Waals surface area contributed by atoms with Crippen LogP contribution in [0.5, 0.6) is 0 Å². The van der Waals surface area contributed by atoms with Crippen molar-refractivity contribution in [1.82, 2.24) is 14.5 Å². The number of rotatable bonds is 6. The zero-order valence-corrected chi connectivity index (χ0v) is 17.8. The summed E-state index contributed by atoms with van der Waals surface area (Å²) in [6.45, 7) is 4.12. The molecule has 9 heteroatoms. The Labute approximate surface area is 181 Å². The van der Waals surface area contributed by atoms with E-state index in [1.165, 1.54) is 12.8 Å². The predicted octanol–water partition coefficient (Wildman–Crippen LogP) is 3.11. The lowest BCUT2D eigenvalue weighted by Gasteiger charge is -2.36. The van der Waals surface area contributed by atoms with Gasteiger partial charge in [-0.2, -0.15) is 0 Å². The minimum absolute atomic E-state index is 0.331. The molecule has 4 heterocycles. The summed E-state index contributed by atoms with van der Waals surface area (Å²) in [5, 5.41) is 0.398. The van der Waals surface area contributed by atoms with Crippen LogP contribution in [0.25, 0.3) is 11.1 Å². The van der Waals surface area contributed by atoms with Gasteiger partial charge in [-0.1, -0.05) is 30.3 Å². The number of ether oxygens (including phenoxy) is 1. The zero-order valence-electron chi connectivity index (χ0n) is 16.9. The fourth-order valence-electron chi connectivity index (χ4n) is 3.89. The Hall–Kier alpha value is -2.88. The molecule has 0 saturated carbocycles. The first kappa shape index (κ1) is 20.0. The van der Waals surface area contributed by atoms with Crippen LogP contribution in [-0.4, -0.2) is 52.6 Å². The molecule has 0 radical (unpaired) electrons. The standard InChI is InChI=1S/C22H23N3O5S/c26-20-8-9-21(27)30-31(29-20)19(17-6-2-1-3-7-17)15-25-14-18(23-22(25)31)16-28-13-12-24-10-4-5-11-24/h1-3,6-9,14-15H,4-5,10-13,16H2. The summed E-state index contributed by atoms with van der Waals surface area (Å²) >= 11 is 0. The molecule has 2 aromatic rings. The largest absolute Gasteiger partial charge is 0.374 e. The number of benzene rings is 1. The van der Waals surface area contributed by atoms with E-state index < -0.39 is 22.5 Å². The third kappa shape index (κ3) is 3.91. The van der Waals surface area contributed by atoms with Crippen molar-refractivity contribution >= 4 is 33.6 Å². The zero-order chi connectivity index (χ0) is 21.3. The average molecular weight is 442 g/mol. The molecule has 1 aromatic heterocycles. The van der Waals surface area contributed by atoms with E-state index in [2.05, 4.69) is 9.88 Å². The summed E-state index contributed by atoms with van der Waals surface area (Å²) in [5.41, 5.74) is 1.49. The first-order chi connectivity index (χ1) is 15.1. The monoisotopic (exact) mass is 441 g/mol. The minimum atomic E-state index is -2.89. The Bertz CT molecular complexity index is 1040. The number of imidazole rings is 1. The number of hydrogen-bond donors (Lipinski definition) is 0. The van der Waals surface area contributed by atoms with Crippen molar-refractivity contribution in [2.45, 2.75) is 24.6 Å². The van der Waals surface area contributed by atoms with Gasteiger partial charge in [0, 0.05) is 36.7 Å². The van der Waals surface area contributed by atoms with Crippen molar-refractivity contribution in [2.24, 2.45) is 0 Å². The first-order valence-electron chi connectivity index (χ1n) is 10.3. The molecule has 162 valence electrons. The van der Waals surface area contributed by atoms with Crippen molar-refractivity contribution in [2.75, 3.05) is 26.2 Å². The number of likely N-dealkylation sites (tertiary alicyclic amines) is 1. The molecule has 1 fully saturated rings. The summed E-state index contributed by atoms with van der Waals surface area (Å²) < 4.78 is 19.1. The van der Waals surface area contributed by atoms with Gasteiger partial charge in [0.05, 0.1) is 18.9 Å². The maximum atomic E-state index is 12.3. The van der Waals surface area contributed by atoms with E-state index in [4.69, 9.17) is 13.1 Å². The van der Waals surface area contributed by atoms with Crippen LogP contribution >= 0.6 is 10.6 Å². The van der Waals surface area contributed by atoms with Crippen LogP contribution < -0.4 is 0 Å². The van der Waals surface area contributed by atoms with Crippen molar-refractivity contribution in [3.63, 3.8) is 0 Å². The Morgan fingerprint density at radius 1 is 1.03 bits per heavy atom. The highest BCUT2D eigenvalue weighted by molar-refractivity contribution is 8.34. The third-order valence-corrected chi connectivity index (χ3v) is 7.85. The number of fused-ring (bicyclic) bond motifs is 2. The van der Waals surface area contributed by atoms with Gasteiger partial charge >= 0.3 is 11.9 Å². The molecule has 31 heavy (non-hydrogen) atoms. The van der Waals surface area contributed by atoms with Crippen molar-refractivity contribution in [3.8, 4) is 0 Å². The highest BCUT2D eigenvalue weighted by Crippen LogP contribution is 2.70. The lowest BCUT2D eigenvalue weighted by Crippen LogP contribution is -2.23. The van der Waals surface area contributed by atoms with E-state index >= 15 is 0 Å². The molecular weight excluding hydrogens is 418 g/mol. The van der Waals surface area contributed by atoms with Crippen LogP contribution in [0.15, 0.2) is 53.8 Å². The topological polar surface area (TPSA) is 82.9 Å². The highest BCUT2D eigenvalue weighted by atomic mass is 32.3. The maximum Gasteiger partial charge on any atom is 0.354 e. The van der Waals surface area contributed by atoms with Gasteiger partial charge in [-0.3, -0.25) is 4.57 Å². The van der Waals surface area contributed by atoms with E-state index in [0.29, 0.717) is 29.0 Å². The number of hydrogen-bond acceptors (Lipinski definition) is 7. The second kappa shape index (κ2) is 8.33. The van der Waals surface area contributed by atoms with Crippen LogP contribution in [0.3, 0.4) is 0 Å². The fourth-order valence-corrected chi connectivity index (χ4v) is 6.35. The SMILES string of the molecule is O=C1C=CC(=O)OS2(O1)C(c1ccccc1)=Cn1cc(COCCN3CCCC3)nc12. The Morgan fingerprint density at radius 3 is 2.45 bits per heavy atom. The van der Waals surface area contributed by atoms with Crippen molar-refractivity contribution in [1.29, 1.82) is 0 Å². The van der Waals surface area contributed by atoms with Gasteiger partial charge in [0.1, 0.15) is 4.91 Å². The quantitative estimate of drug-likeness (QED) is 0.637. The molecule has 0 bridgehead atoms. The van der Waals surface area contributed by atoms with Crippen LogP contribution in [0.1, 0.15) is 24.1 Å². The summed E-state index contributed by atoms with van der Waals surface area (Å²) in [4.78, 5) is 32.3. The first-order valence-corrected chi connectivity index (χ1v) is 11.8. The van der Waals surface area contributed by atoms with Gasteiger partial charge < -0.3 is 18.0 Å². The Kier molecular flexibility index (Phi) is 5.39. The van der Waals surface area contributed by atoms with Crippen molar-refractivity contribution in [3.05, 3.63) is 59.9 Å². The van der Waals surface area contributed by atoms with E-state index in [1.54, 1.807) is 4.57 Å². The molecule has 1 spiro atoms. The number of carbonyl (C=O) groups is 2. The molecule has 0 N–H and O–H groups in total. The summed E-state index contributed by atoms with van der Waals surface area (Å²) in [6, 6.07) is 9.42. The summed E-state index contributed by atoms with van der Waals surface area (Å²) in [7, 11) is -2.89. The van der Waals surface area contributed by atoms with E-state index in [0.717, 1.165) is 37.3 Å². The number of carbonyl (C=O) groups excluding carboxylic acids is 2. The Balaban J connectivity index is 1.41.